The summed E-state index contributed by atoms with van der Waals surface area (Å²) in [6.07, 6.45) is 1.66. The molecule has 0 aliphatic rings. The third-order valence-electron chi connectivity index (χ3n) is 0.490. The molecule has 12 heavy (non-hydrogen) atoms. The first-order valence-electron chi connectivity index (χ1n) is 2.29. The molecule has 0 saturated heterocycles. The highest BCUT2D eigenvalue weighted by Gasteiger charge is 2.17. The summed E-state index contributed by atoms with van der Waals surface area (Å²) in [5.74, 6) is 0. The van der Waals surface area contributed by atoms with Crippen LogP contribution in [-0.4, -0.2) is 27.1 Å². The van der Waals surface area contributed by atoms with Crippen LogP contribution in [0.1, 0.15) is 0 Å². The van der Waals surface area contributed by atoms with Crippen LogP contribution in [0.2, 0.25) is 0 Å². The summed E-state index contributed by atoms with van der Waals surface area (Å²) >= 11 is 1.35. The molecule has 0 amide bonds. The predicted molar refractivity (Wildman–Crippen MR) is 43.8 cm³/mol. The second-order valence-electron chi connectivity index (χ2n) is 1.28. The van der Waals surface area contributed by atoms with Crippen LogP contribution < -0.4 is 5.14 Å². The summed E-state index contributed by atoms with van der Waals surface area (Å²) < 4.78 is 39.6. The molecule has 70 valence electrons. The van der Waals surface area contributed by atoms with Crippen molar-refractivity contribution < 1.29 is 17.5 Å². The maximum atomic E-state index is 9.52. The number of rotatable bonds is 1. The molecule has 1 heterocycles. The first kappa shape index (κ1) is 11.7. The van der Waals surface area contributed by atoms with Crippen molar-refractivity contribution in [3.8, 4) is 0 Å². The normalized spacial score (nSPS) is 12.9. The van der Waals surface area contributed by atoms with Gasteiger partial charge in [0.1, 0.15) is 0 Å². The number of nitrogens with zero attached hydrogens (tertiary/aromatic N) is 2. The largest absolute Gasteiger partial charge is 0.581 e. The molecule has 0 spiro atoms. The number of hydrogen-bond acceptors (Lipinski definition) is 7. The zero-order chi connectivity index (χ0) is 9.61. The average Bonchev–Trinajstić information content (AvgIpc) is 2.39. The molecule has 0 saturated carbocycles. The lowest BCUT2D eigenvalue weighted by atomic mass is 11.1. The second-order valence-corrected chi connectivity index (χ2v) is 5.55. The SMILES string of the molecule is N[S+]([O-])S(=O)(=O)O.c1csnn1. The molecular weight excluding hydrogens is 226 g/mol. The van der Waals surface area contributed by atoms with Crippen molar-refractivity contribution in [3.63, 3.8) is 0 Å². The van der Waals surface area contributed by atoms with E-state index in [1.54, 1.807) is 6.20 Å². The van der Waals surface area contributed by atoms with E-state index in [0.29, 0.717) is 0 Å². The van der Waals surface area contributed by atoms with Crippen LogP contribution in [0.15, 0.2) is 11.6 Å². The van der Waals surface area contributed by atoms with Crippen molar-refractivity contribution in [3.05, 3.63) is 11.6 Å². The van der Waals surface area contributed by atoms with E-state index < -0.39 is 19.5 Å². The van der Waals surface area contributed by atoms with E-state index in [9.17, 15) is 13.0 Å². The highest BCUT2D eigenvalue weighted by Crippen LogP contribution is 1.86. The number of hydrogen-bond donors (Lipinski definition) is 2. The minimum Gasteiger partial charge on any atom is -0.581 e. The van der Waals surface area contributed by atoms with Crippen molar-refractivity contribution in [1.82, 2.24) is 9.59 Å². The van der Waals surface area contributed by atoms with Crippen molar-refractivity contribution in [2.45, 2.75) is 0 Å². The van der Waals surface area contributed by atoms with Gasteiger partial charge in [0.05, 0.1) is 6.20 Å². The van der Waals surface area contributed by atoms with E-state index in [-0.39, 0.29) is 0 Å². The fourth-order valence-corrected chi connectivity index (χ4v) is 0.408. The summed E-state index contributed by atoms with van der Waals surface area (Å²) in [6.45, 7) is 0. The fourth-order valence-electron chi connectivity index (χ4n) is 0.136. The van der Waals surface area contributed by atoms with Crippen LogP contribution in [-0.2, 0) is 19.5 Å². The van der Waals surface area contributed by atoms with Crippen molar-refractivity contribution in [2.75, 3.05) is 0 Å². The molecule has 7 nitrogen and oxygen atoms in total. The van der Waals surface area contributed by atoms with Gasteiger partial charge in [-0.05, 0) is 11.5 Å². The third kappa shape index (κ3) is 6.45. The lowest BCUT2D eigenvalue weighted by Crippen LogP contribution is -2.22. The molecule has 1 atom stereocenters. The van der Waals surface area contributed by atoms with Gasteiger partial charge in [-0.3, -0.25) is 0 Å². The molecule has 10 heteroatoms. The topological polar surface area (TPSA) is 129 Å². The highest BCUT2D eigenvalue weighted by atomic mass is 33.2. The van der Waals surface area contributed by atoms with Gasteiger partial charge in [-0.15, -0.1) is 18.7 Å². The van der Waals surface area contributed by atoms with E-state index in [1.165, 1.54) is 11.5 Å². The highest BCUT2D eigenvalue weighted by molar-refractivity contribution is 8.64. The minimum absolute atomic E-state index is 1.35. The zero-order valence-corrected chi connectivity index (χ0v) is 7.97. The molecule has 0 bridgehead atoms. The first-order valence-corrected chi connectivity index (χ1v) is 6.30. The van der Waals surface area contributed by atoms with Gasteiger partial charge >= 0.3 is 9.15 Å². The minimum atomic E-state index is -4.49. The molecule has 0 radical (unpaired) electrons. The average molecular weight is 231 g/mol. The Labute approximate surface area is 75.2 Å². The molecule has 0 aliphatic carbocycles. The lowest BCUT2D eigenvalue weighted by Gasteiger charge is -1.92. The van der Waals surface area contributed by atoms with Crippen LogP contribution in [0.5, 0.6) is 0 Å². The summed E-state index contributed by atoms with van der Waals surface area (Å²) in [6, 6.07) is 0. The van der Waals surface area contributed by atoms with E-state index in [1.807, 2.05) is 5.38 Å². The van der Waals surface area contributed by atoms with E-state index in [4.69, 9.17) is 4.55 Å². The Morgan fingerprint density at radius 2 is 2.17 bits per heavy atom. The fraction of sp³-hybridized carbons (Fsp3) is 0. The van der Waals surface area contributed by atoms with Crippen LogP contribution in [0, 0.1) is 0 Å². The predicted octanol–water partition coefficient (Wildman–Crippen LogP) is -1.05. The molecule has 0 aromatic carbocycles. The first-order chi connectivity index (χ1) is 5.44. The third-order valence-corrected chi connectivity index (χ3v) is 2.58. The Hall–Kier alpha value is -0.260. The number of nitrogens with two attached hydrogens (primary N) is 1. The molecule has 0 aliphatic heterocycles. The van der Waals surface area contributed by atoms with Crippen LogP contribution >= 0.6 is 11.5 Å². The van der Waals surface area contributed by atoms with E-state index in [0.717, 1.165) is 0 Å². The number of aromatic nitrogens is 2. The molecule has 1 aromatic heterocycles. The summed E-state index contributed by atoms with van der Waals surface area (Å²) in [4.78, 5) is 0. The Bertz CT molecular complexity index is 263. The Kier molecular flexibility index (Phi) is 5.28. The van der Waals surface area contributed by atoms with Crippen LogP contribution in [0.4, 0.5) is 0 Å². The van der Waals surface area contributed by atoms with Crippen LogP contribution in [0.25, 0.3) is 0 Å². The standard InChI is InChI=1S/C2H2N2S.H3NO4S2/c1-2-5-4-3-1;1-6(2)7(3,4)5/h1-2H;1H2,(H,3,4,5). The second kappa shape index (κ2) is 5.40. The van der Waals surface area contributed by atoms with Gasteiger partial charge in [-0.1, -0.05) is 4.49 Å². The Morgan fingerprint density at radius 3 is 2.25 bits per heavy atom. The summed E-state index contributed by atoms with van der Waals surface area (Å²) in [5.41, 5.74) is 0. The van der Waals surface area contributed by atoms with Gasteiger partial charge in [0.25, 0.3) is 0 Å². The summed E-state index contributed by atoms with van der Waals surface area (Å²) in [7, 11) is -7.15. The molecule has 1 rings (SSSR count). The Morgan fingerprint density at radius 1 is 1.67 bits per heavy atom. The maximum absolute atomic E-state index is 9.52. The summed E-state index contributed by atoms with van der Waals surface area (Å²) in [5, 5.41) is 9.51. The van der Waals surface area contributed by atoms with Gasteiger partial charge in [0.2, 0.25) is 0 Å². The van der Waals surface area contributed by atoms with Gasteiger partial charge in [-0.25, -0.2) is 4.55 Å². The van der Waals surface area contributed by atoms with E-state index >= 15 is 0 Å². The zero-order valence-electron chi connectivity index (χ0n) is 5.52. The molecular formula is C2H5N3O4S3. The van der Waals surface area contributed by atoms with Crippen molar-refractivity contribution in [1.29, 1.82) is 0 Å². The van der Waals surface area contributed by atoms with Gasteiger partial charge < -0.3 is 4.55 Å². The van der Waals surface area contributed by atoms with Crippen molar-refractivity contribution in [2.24, 2.45) is 5.14 Å². The van der Waals surface area contributed by atoms with Gasteiger partial charge in [0, 0.05) is 5.38 Å². The van der Waals surface area contributed by atoms with Gasteiger partial charge in [0.15, 0.2) is 10.4 Å². The van der Waals surface area contributed by atoms with Gasteiger partial charge in [-0.2, -0.15) is 0 Å². The molecule has 0 fully saturated rings. The maximum Gasteiger partial charge on any atom is 0.465 e. The van der Waals surface area contributed by atoms with Crippen LogP contribution in [0.3, 0.4) is 0 Å². The Balaban J connectivity index is 0.000000211. The molecule has 1 unspecified atom stereocenters. The van der Waals surface area contributed by atoms with Crippen molar-refractivity contribution >= 4 is 31.1 Å². The lowest BCUT2D eigenvalue weighted by molar-refractivity contribution is 0.493. The smallest absolute Gasteiger partial charge is 0.465 e. The quantitative estimate of drug-likeness (QED) is 0.358. The molecule has 1 aromatic rings. The molecule has 3 N–H and O–H groups in total. The monoisotopic (exact) mass is 231 g/mol. The van der Waals surface area contributed by atoms with E-state index in [2.05, 4.69) is 14.7 Å².